The van der Waals surface area contributed by atoms with Gasteiger partial charge in [0.15, 0.2) is 17.5 Å². The highest BCUT2D eigenvalue weighted by atomic mass is 32.1. The molecule has 0 fully saturated rings. The van der Waals surface area contributed by atoms with Gasteiger partial charge in [-0.2, -0.15) is 0 Å². The van der Waals surface area contributed by atoms with Crippen LogP contribution in [-0.4, -0.2) is 15.0 Å². The molecule has 0 radical (unpaired) electrons. The van der Waals surface area contributed by atoms with Gasteiger partial charge in [-0.15, -0.1) is 11.3 Å². The molecule has 0 atom stereocenters. The van der Waals surface area contributed by atoms with Crippen LogP contribution in [0.15, 0.2) is 192 Å². The predicted molar refractivity (Wildman–Crippen MR) is 233 cm³/mol. The number of hydrogen-bond acceptors (Lipinski definition) is 5. The number of nitrogens with zero attached hydrogens (tertiary/aromatic N) is 3. The molecule has 3 heterocycles. The van der Waals surface area contributed by atoms with Crippen LogP contribution in [0, 0.1) is 0 Å². The second-order valence-electron chi connectivity index (χ2n) is 13.9. The molecule has 5 heteroatoms. The van der Waals surface area contributed by atoms with Crippen LogP contribution in [0.3, 0.4) is 0 Å². The fourth-order valence-corrected chi connectivity index (χ4v) is 9.05. The summed E-state index contributed by atoms with van der Waals surface area (Å²) in [7, 11) is 0. The first-order valence-electron chi connectivity index (χ1n) is 18.7. The highest BCUT2D eigenvalue weighted by molar-refractivity contribution is 7.26. The maximum atomic E-state index is 7.08. The van der Waals surface area contributed by atoms with Gasteiger partial charge in [0, 0.05) is 47.6 Å². The molecule has 0 bridgehead atoms. The van der Waals surface area contributed by atoms with Gasteiger partial charge in [0.2, 0.25) is 0 Å². The second-order valence-corrected chi connectivity index (χ2v) is 15.0. The predicted octanol–water partition coefficient (Wildman–Crippen LogP) is 14.1. The van der Waals surface area contributed by atoms with E-state index in [0.717, 1.165) is 55.3 Å². The number of para-hydroxylation sites is 2. The van der Waals surface area contributed by atoms with E-state index in [0.29, 0.717) is 17.5 Å². The smallest absolute Gasteiger partial charge is 0.167 e. The molecule has 11 rings (SSSR count). The van der Waals surface area contributed by atoms with Crippen LogP contribution in [0.1, 0.15) is 0 Å². The molecule has 0 amide bonds. The van der Waals surface area contributed by atoms with E-state index < -0.39 is 0 Å². The summed E-state index contributed by atoms with van der Waals surface area (Å²) in [6.07, 6.45) is 0. The van der Waals surface area contributed by atoms with Crippen molar-refractivity contribution in [1.82, 2.24) is 15.0 Å². The van der Waals surface area contributed by atoms with Crippen LogP contribution in [0.5, 0.6) is 0 Å². The number of benzene rings is 8. The van der Waals surface area contributed by atoms with Crippen LogP contribution in [0.2, 0.25) is 0 Å². The van der Waals surface area contributed by atoms with E-state index in [2.05, 4.69) is 121 Å². The first-order chi connectivity index (χ1) is 27.7. The van der Waals surface area contributed by atoms with Crippen molar-refractivity contribution in [2.45, 2.75) is 0 Å². The van der Waals surface area contributed by atoms with Gasteiger partial charge in [-0.1, -0.05) is 158 Å². The Balaban J connectivity index is 1.14. The van der Waals surface area contributed by atoms with Gasteiger partial charge in [0.05, 0.1) is 5.56 Å². The largest absolute Gasteiger partial charge is 0.455 e. The standard InChI is InChI=1S/C51H31N3OS/c1-4-15-32(16-5-1)35-21-12-22-36(29-35)37-30-43(46-41-23-10-11-28-44(41)56-45(46)31-37)40-26-13-24-38-39-25-14-27-42(48(39)55-47(38)40)51-53-49(33-17-6-2-7-18-33)52-50(54-51)34-19-8-3-9-20-34/h1-31H. The maximum Gasteiger partial charge on any atom is 0.167 e. The van der Waals surface area contributed by atoms with Gasteiger partial charge in [0.1, 0.15) is 11.2 Å². The van der Waals surface area contributed by atoms with Crippen molar-refractivity contribution in [1.29, 1.82) is 0 Å². The average Bonchev–Trinajstić information content (AvgIpc) is 3.86. The molecular formula is C51H31N3OS. The number of thiophene rings is 1. The second kappa shape index (κ2) is 13.3. The van der Waals surface area contributed by atoms with Crippen LogP contribution >= 0.6 is 11.3 Å². The lowest BCUT2D eigenvalue weighted by Gasteiger charge is -2.11. The van der Waals surface area contributed by atoms with E-state index in [4.69, 9.17) is 19.4 Å². The van der Waals surface area contributed by atoms with Crippen molar-refractivity contribution in [3.8, 4) is 67.5 Å². The van der Waals surface area contributed by atoms with E-state index in [-0.39, 0.29) is 0 Å². The Morgan fingerprint density at radius 2 is 0.821 bits per heavy atom. The summed E-state index contributed by atoms with van der Waals surface area (Å²) in [6.45, 7) is 0. The fraction of sp³-hybridized carbons (Fsp3) is 0. The summed E-state index contributed by atoms with van der Waals surface area (Å²) in [5.74, 6) is 1.79. The fourth-order valence-electron chi connectivity index (χ4n) is 7.88. The molecule has 3 aromatic heterocycles. The SMILES string of the molecule is c1ccc(-c2cccc(-c3cc(-c4cccc5c4oc4c(-c6nc(-c7ccccc7)nc(-c7ccccc7)n6)cccc45)c4c(c3)sc3ccccc34)c2)cc1. The Morgan fingerprint density at radius 1 is 0.321 bits per heavy atom. The van der Waals surface area contributed by atoms with Gasteiger partial charge in [-0.3, -0.25) is 0 Å². The molecule has 56 heavy (non-hydrogen) atoms. The topological polar surface area (TPSA) is 51.8 Å². The van der Waals surface area contributed by atoms with Gasteiger partial charge >= 0.3 is 0 Å². The molecule has 0 spiro atoms. The van der Waals surface area contributed by atoms with E-state index in [1.807, 2.05) is 78.1 Å². The van der Waals surface area contributed by atoms with Crippen molar-refractivity contribution in [3.05, 3.63) is 188 Å². The Labute approximate surface area is 327 Å². The van der Waals surface area contributed by atoms with E-state index in [1.165, 1.54) is 36.9 Å². The zero-order valence-corrected chi connectivity index (χ0v) is 30.9. The van der Waals surface area contributed by atoms with Crippen molar-refractivity contribution in [2.24, 2.45) is 0 Å². The third kappa shape index (κ3) is 5.48. The van der Waals surface area contributed by atoms with Gasteiger partial charge in [0.25, 0.3) is 0 Å². The average molecular weight is 734 g/mol. The number of hydrogen-bond donors (Lipinski definition) is 0. The Kier molecular flexibility index (Phi) is 7.64. The lowest BCUT2D eigenvalue weighted by atomic mass is 9.92. The Morgan fingerprint density at radius 3 is 1.50 bits per heavy atom. The first-order valence-corrected chi connectivity index (χ1v) is 19.5. The van der Waals surface area contributed by atoms with Crippen LogP contribution in [0.25, 0.3) is 110 Å². The van der Waals surface area contributed by atoms with E-state index >= 15 is 0 Å². The molecule has 262 valence electrons. The molecule has 11 aromatic rings. The molecule has 0 unspecified atom stereocenters. The number of rotatable bonds is 6. The van der Waals surface area contributed by atoms with Crippen molar-refractivity contribution in [3.63, 3.8) is 0 Å². The molecule has 0 aliphatic rings. The maximum absolute atomic E-state index is 7.08. The van der Waals surface area contributed by atoms with Gasteiger partial charge in [-0.05, 0) is 58.1 Å². The molecule has 0 N–H and O–H groups in total. The molecule has 4 nitrogen and oxygen atoms in total. The highest BCUT2D eigenvalue weighted by Crippen LogP contribution is 2.46. The number of fused-ring (bicyclic) bond motifs is 6. The monoisotopic (exact) mass is 733 g/mol. The Hall–Kier alpha value is -7.21. The van der Waals surface area contributed by atoms with Crippen molar-refractivity contribution < 1.29 is 4.42 Å². The molecule has 0 aliphatic carbocycles. The van der Waals surface area contributed by atoms with Crippen molar-refractivity contribution >= 4 is 53.4 Å². The number of furan rings is 1. The minimum atomic E-state index is 0.565. The molecule has 0 aliphatic heterocycles. The van der Waals surface area contributed by atoms with E-state index in [1.54, 1.807) is 0 Å². The first kappa shape index (κ1) is 32.2. The lowest BCUT2D eigenvalue weighted by molar-refractivity contribution is 0.670. The highest BCUT2D eigenvalue weighted by Gasteiger charge is 2.21. The summed E-state index contributed by atoms with van der Waals surface area (Å²) in [5, 5.41) is 4.54. The summed E-state index contributed by atoms with van der Waals surface area (Å²) < 4.78 is 9.58. The van der Waals surface area contributed by atoms with Gasteiger partial charge in [-0.25, -0.2) is 15.0 Å². The minimum absolute atomic E-state index is 0.565. The zero-order valence-electron chi connectivity index (χ0n) is 30.1. The quantitative estimate of drug-likeness (QED) is 0.171. The van der Waals surface area contributed by atoms with Crippen LogP contribution in [0.4, 0.5) is 0 Å². The Bertz CT molecular complexity index is 3180. The molecule has 8 aromatic carbocycles. The summed E-state index contributed by atoms with van der Waals surface area (Å²) >= 11 is 1.84. The third-order valence-electron chi connectivity index (χ3n) is 10.5. The zero-order chi connectivity index (χ0) is 37.0. The lowest BCUT2D eigenvalue weighted by Crippen LogP contribution is -2.00. The number of aromatic nitrogens is 3. The summed E-state index contributed by atoms with van der Waals surface area (Å²) in [6, 6.07) is 65.7. The third-order valence-corrected chi connectivity index (χ3v) is 11.7. The van der Waals surface area contributed by atoms with Crippen LogP contribution in [-0.2, 0) is 0 Å². The minimum Gasteiger partial charge on any atom is -0.455 e. The normalized spacial score (nSPS) is 11.6. The van der Waals surface area contributed by atoms with Crippen molar-refractivity contribution in [2.75, 3.05) is 0 Å². The molecule has 0 saturated heterocycles. The molecule has 0 saturated carbocycles. The molecular weight excluding hydrogens is 703 g/mol. The van der Waals surface area contributed by atoms with Crippen LogP contribution < -0.4 is 0 Å². The summed E-state index contributed by atoms with van der Waals surface area (Å²) in [5.41, 5.74) is 11.2. The van der Waals surface area contributed by atoms with Gasteiger partial charge < -0.3 is 4.42 Å². The van der Waals surface area contributed by atoms with E-state index in [9.17, 15) is 0 Å². The summed E-state index contributed by atoms with van der Waals surface area (Å²) in [4.78, 5) is 15.1.